The molecule has 1 atom stereocenters. The van der Waals surface area contributed by atoms with Gasteiger partial charge in [0.1, 0.15) is 5.78 Å². The average Bonchev–Trinajstić information content (AvgIpc) is 2.88. The second kappa shape index (κ2) is 3.30. The molecular formula is C10H14O2. The monoisotopic (exact) mass is 166 g/mol. The largest absolute Gasteiger partial charge is 0.501 e. The van der Waals surface area contributed by atoms with Crippen molar-refractivity contribution in [1.82, 2.24) is 0 Å². The van der Waals surface area contributed by atoms with Crippen LogP contribution in [-0.4, -0.2) is 12.4 Å². The van der Waals surface area contributed by atoms with Gasteiger partial charge < -0.3 is 4.74 Å². The van der Waals surface area contributed by atoms with E-state index in [-0.39, 0.29) is 0 Å². The van der Waals surface area contributed by atoms with Crippen LogP contribution in [0.2, 0.25) is 0 Å². The third-order valence-corrected chi connectivity index (χ3v) is 2.55. The highest BCUT2D eigenvalue weighted by molar-refractivity contribution is 5.83. The lowest BCUT2D eigenvalue weighted by molar-refractivity contribution is -0.121. The summed E-state index contributed by atoms with van der Waals surface area (Å²) >= 11 is 0. The summed E-state index contributed by atoms with van der Waals surface area (Å²) in [5, 5.41) is 0. The first kappa shape index (κ1) is 7.84. The minimum atomic E-state index is 0.418. The van der Waals surface area contributed by atoms with E-state index in [9.17, 15) is 4.79 Å². The number of carbonyl (C=O) groups excluding carboxylic acids is 1. The zero-order valence-corrected chi connectivity index (χ0v) is 7.16. The molecule has 0 radical (unpaired) electrons. The Hall–Kier alpha value is -0.790. The van der Waals surface area contributed by atoms with Crippen LogP contribution in [0.25, 0.3) is 0 Å². The Bertz CT molecular complexity index is 204. The maximum Gasteiger partial charge on any atom is 0.136 e. The summed E-state index contributed by atoms with van der Waals surface area (Å²) in [6, 6.07) is 0. The molecule has 1 saturated carbocycles. The molecule has 2 aliphatic rings. The predicted octanol–water partition coefficient (Wildman–Crippen LogP) is 1.91. The lowest BCUT2D eigenvalue weighted by atomic mass is 9.96. The first-order valence-corrected chi connectivity index (χ1v) is 4.67. The van der Waals surface area contributed by atoms with E-state index in [0.29, 0.717) is 17.6 Å². The minimum absolute atomic E-state index is 0.418. The molecule has 2 rings (SSSR count). The van der Waals surface area contributed by atoms with E-state index < -0.39 is 0 Å². The molecule has 0 amide bonds. The third-order valence-electron chi connectivity index (χ3n) is 2.55. The lowest BCUT2D eigenvalue weighted by Gasteiger charge is -2.15. The second-order valence-corrected chi connectivity index (χ2v) is 3.69. The first-order valence-electron chi connectivity index (χ1n) is 4.67. The third kappa shape index (κ3) is 1.87. The van der Waals surface area contributed by atoms with E-state index in [0.717, 1.165) is 32.3 Å². The van der Waals surface area contributed by atoms with Gasteiger partial charge in [-0.1, -0.05) is 0 Å². The number of ether oxygens (including phenoxy) is 1. The summed E-state index contributed by atoms with van der Waals surface area (Å²) in [6.07, 6.45) is 7.76. The average molecular weight is 166 g/mol. The van der Waals surface area contributed by atoms with Crippen molar-refractivity contribution in [3.8, 4) is 0 Å². The molecule has 1 fully saturated rings. The van der Waals surface area contributed by atoms with Gasteiger partial charge in [-0.3, -0.25) is 4.79 Å². The number of ketones is 1. The summed E-state index contributed by atoms with van der Waals surface area (Å²) in [5.74, 6) is 1.33. The molecule has 0 saturated heterocycles. The number of rotatable bonds is 3. The Kier molecular flexibility index (Phi) is 2.15. The number of Topliss-reactive ketones (excluding diaryl/α,β-unsaturated/α-hetero) is 1. The van der Waals surface area contributed by atoms with E-state index in [1.54, 1.807) is 6.26 Å². The molecule has 12 heavy (non-hydrogen) atoms. The lowest BCUT2D eigenvalue weighted by Crippen LogP contribution is -2.12. The molecule has 2 heteroatoms. The first-order chi connectivity index (χ1) is 5.86. The summed E-state index contributed by atoms with van der Waals surface area (Å²) in [4.78, 5) is 11.4. The molecule has 1 aliphatic heterocycles. The molecule has 1 aliphatic carbocycles. The molecule has 2 nitrogen and oxygen atoms in total. The van der Waals surface area contributed by atoms with Gasteiger partial charge in [0.25, 0.3) is 0 Å². The minimum Gasteiger partial charge on any atom is -0.501 e. The molecule has 1 heterocycles. The molecule has 0 spiro atoms. The van der Waals surface area contributed by atoms with Gasteiger partial charge in [-0.25, -0.2) is 0 Å². The number of hydrogen-bond acceptors (Lipinski definition) is 2. The number of carbonyl (C=O) groups is 1. The molecule has 0 N–H and O–H groups in total. The summed E-state index contributed by atoms with van der Waals surface area (Å²) in [5.41, 5.74) is 0. The molecule has 0 aromatic heterocycles. The van der Waals surface area contributed by atoms with Crippen molar-refractivity contribution in [2.45, 2.75) is 25.7 Å². The van der Waals surface area contributed by atoms with Crippen LogP contribution in [0.4, 0.5) is 0 Å². The van der Waals surface area contributed by atoms with Crippen LogP contribution in [0.5, 0.6) is 0 Å². The Morgan fingerprint density at radius 1 is 1.42 bits per heavy atom. The van der Waals surface area contributed by atoms with E-state index in [4.69, 9.17) is 4.74 Å². The van der Waals surface area contributed by atoms with Crippen molar-refractivity contribution in [2.24, 2.45) is 11.8 Å². The van der Waals surface area contributed by atoms with Gasteiger partial charge in [0.2, 0.25) is 0 Å². The normalized spacial score (nSPS) is 28.2. The van der Waals surface area contributed by atoms with Gasteiger partial charge in [0.15, 0.2) is 0 Å². The van der Waals surface area contributed by atoms with Crippen LogP contribution >= 0.6 is 0 Å². The molecular weight excluding hydrogens is 152 g/mol. The van der Waals surface area contributed by atoms with Crippen molar-refractivity contribution < 1.29 is 9.53 Å². The van der Waals surface area contributed by atoms with Gasteiger partial charge >= 0.3 is 0 Å². The molecule has 66 valence electrons. The zero-order valence-electron chi connectivity index (χ0n) is 7.16. The van der Waals surface area contributed by atoms with Crippen molar-refractivity contribution in [3.63, 3.8) is 0 Å². The standard InChI is InChI=1S/C10H14O2/c11-10(9-1-2-9)7-8-3-5-12-6-4-8/h3,5,8-9H,1-2,4,6-7H2. The van der Waals surface area contributed by atoms with Crippen molar-refractivity contribution >= 4 is 5.78 Å². The van der Waals surface area contributed by atoms with E-state index >= 15 is 0 Å². The number of allylic oxidation sites excluding steroid dienone is 1. The molecule has 0 bridgehead atoms. The summed E-state index contributed by atoms with van der Waals surface area (Å²) in [6.45, 7) is 0.777. The highest BCUT2D eigenvalue weighted by Gasteiger charge is 2.30. The van der Waals surface area contributed by atoms with Gasteiger partial charge in [0, 0.05) is 12.3 Å². The highest BCUT2D eigenvalue weighted by Crippen LogP contribution is 2.32. The fourth-order valence-electron chi connectivity index (χ4n) is 1.55. The Morgan fingerprint density at radius 2 is 2.25 bits per heavy atom. The Balaban J connectivity index is 1.80. The maximum absolute atomic E-state index is 11.4. The molecule has 0 aromatic carbocycles. The fourth-order valence-corrected chi connectivity index (χ4v) is 1.55. The smallest absolute Gasteiger partial charge is 0.136 e. The van der Waals surface area contributed by atoms with E-state index in [1.165, 1.54) is 0 Å². The van der Waals surface area contributed by atoms with Gasteiger partial charge in [0.05, 0.1) is 12.9 Å². The van der Waals surface area contributed by atoms with E-state index in [2.05, 4.69) is 0 Å². The summed E-state index contributed by atoms with van der Waals surface area (Å²) in [7, 11) is 0. The molecule has 1 unspecified atom stereocenters. The van der Waals surface area contributed by atoms with Crippen LogP contribution in [0.1, 0.15) is 25.7 Å². The van der Waals surface area contributed by atoms with Crippen molar-refractivity contribution in [3.05, 3.63) is 12.3 Å². The van der Waals surface area contributed by atoms with Crippen LogP contribution in [-0.2, 0) is 9.53 Å². The quantitative estimate of drug-likeness (QED) is 0.640. The van der Waals surface area contributed by atoms with Gasteiger partial charge in [-0.15, -0.1) is 0 Å². The van der Waals surface area contributed by atoms with Gasteiger partial charge in [-0.05, 0) is 31.3 Å². The van der Waals surface area contributed by atoms with E-state index in [1.807, 2.05) is 6.08 Å². The highest BCUT2D eigenvalue weighted by atomic mass is 16.5. The maximum atomic E-state index is 11.4. The zero-order chi connectivity index (χ0) is 8.39. The topological polar surface area (TPSA) is 26.3 Å². The van der Waals surface area contributed by atoms with Crippen molar-refractivity contribution in [1.29, 1.82) is 0 Å². The number of hydrogen-bond donors (Lipinski definition) is 0. The van der Waals surface area contributed by atoms with Gasteiger partial charge in [-0.2, -0.15) is 0 Å². The van der Waals surface area contributed by atoms with Crippen LogP contribution < -0.4 is 0 Å². The second-order valence-electron chi connectivity index (χ2n) is 3.69. The van der Waals surface area contributed by atoms with Crippen LogP contribution in [0, 0.1) is 11.8 Å². The summed E-state index contributed by atoms with van der Waals surface area (Å²) < 4.78 is 5.07. The Morgan fingerprint density at radius 3 is 2.83 bits per heavy atom. The predicted molar refractivity (Wildman–Crippen MR) is 45.5 cm³/mol. The van der Waals surface area contributed by atoms with Crippen LogP contribution in [0.3, 0.4) is 0 Å². The van der Waals surface area contributed by atoms with Crippen LogP contribution in [0.15, 0.2) is 12.3 Å². The fraction of sp³-hybridized carbons (Fsp3) is 0.700. The van der Waals surface area contributed by atoms with Crippen molar-refractivity contribution in [2.75, 3.05) is 6.61 Å². The SMILES string of the molecule is O=C(CC1C=COCC1)C1CC1. The molecule has 0 aromatic rings. The Labute approximate surface area is 72.6 Å².